The fourth-order valence-corrected chi connectivity index (χ4v) is 2.22. The van der Waals surface area contributed by atoms with Crippen LogP contribution in [0.15, 0.2) is 42.5 Å². The van der Waals surface area contributed by atoms with Gasteiger partial charge in [-0.25, -0.2) is 0 Å². The van der Waals surface area contributed by atoms with Gasteiger partial charge in [0.2, 0.25) is 0 Å². The lowest BCUT2D eigenvalue weighted by atomic mass is 10.0. The summed E-state index contributed by atoms with van der Waals surface area (Å²) in [7, 11) is 0. The van der Waals surface area contributed by atoms with E-state index in [0.29, 0.717) is 10.6 Å². The van der Waals surface area contributed by atoms with Gasteiger partial charge in [-0.15, -0.1) is 0 Å². The Balaban J connectivity index is 2.13. The van der Waals surface area contributed by atoms with Gasteiger partial charge in [-0.2, -0.15) is 0 Å². The summed E-state index contributed by atoms with van der Waals surface area (Å²) in [6.45, 7) is 6.13. The predicted octanol–water partition coefficient (Wildman–Crippen LogP) is 4.45. The molecule has 2 aromatic carbocycles. The molecular weight excluding hydrogens is 270 g/mol. The molecule has 0 saturated carbocycles. The van der Waals surface area contributed by atoms with Crippen molar-refractivity contribution < 1.29 is 4.79 Å². The summed E-state index contributed by atoms with van der Waals surface area (Å²) < 4.78 is 0. The van der Waals surface area contributed by atoms with Crippen molar-refractivity contribution in [1.29, 1.82) is 0 Å². The van der Waals surface area contributed by atoms with Crippen molar-refractivity contribution >= 4 is 17.5 Å². The van der Waals surface area contributed by atoms with Crippen molar-refractivity contribution in [3.05, 3.63) is 69.7 Å². The maximum absolute atomic E-state index is 12.2. The van der Waals surface area contributed by atoms with E-state index >= 15 is 0 Å². The van der Waals surface area contributed by atoms with Gasteiger partial charge in [0.05, 0.1) is 6.04 Å². The molecule has 0 aromatic heterocycles. The maximum Gasteiger partial charge on any atom is 0.251 e. The highest BCUT2D eigenvalue weighted by Gasteiger charge is 2.12. The van der Waals surface area contributed by atoms with Gasteiger partial charge in [0, 0.05) is 10.6 Å². The van der Waals surface area contributed by atoms with Crippen molar-refractivity contribution in [3.8, 4) is 0 Å². The van der Waals surface area contributed by atoms with Crippen molar-refractivity contribution in [2.24, 2.45) is 0 Å². The number of aryl methyl sites for hydroxylation is 2. The van der Waals surface area contributed by atoms with Crippen molar-refractivity contribution in [3.63, 3.8) is 0 Å². The van der Waals surface area contributed by atoms with Gasteiger partial charge in [-0.05, 0) is 55.7 Å². The number of carbonyl (C=O) groups is 1. The number of amides is 1. The van der Waals surface area contributed by atoms with E-state index in [1.54, 1.807) is 24.3 Å². The molecular formula is C17H18ClNO. The molecule has 0 aliphatic carbocycles. The molecule has 1 N–H and O–H groups in total. The van der Waals surface area contributed by atoms with Gasteiger partial charge in [0.1, 0.15) is 0 Å². The van der Waals surface area contributed by atoms with E-state index in [2.05, 4.69) is 31.3 Å². The number of hydrogen-bond donors (Lipinski definition) is 1. The van der Waals surface area contributed by atoms with Crippen LogP contribution in [0.5, 0.6) is 0 Å². The Morgan fingerprint density at radius 3 is 2.50 bits per heavy atom. The highest BCUT2D eigenvalue weighted by atomic mass is 35.5. The molecule has 0 spiro atoms. The molecule has 3 heteroatoms. The molecule has 2 nitrogen and oxygen atoms in total. The van der Waals surface area contributed by atoms with Gasteiger partial charge in [-0.1, -0.05) is 35.9 Å². The van der Waals surface area contributed by atoms with E-state index in [1.807, 2.05) is 13.0 Å². The zero-order chi connectivity index (χ0) is 14.7. The monoisotopic (exact) mass is 287 g/mol. The summed E-state index contributed by atoms with van der Waals surface area (Å²) in [5.41, 5.74) is 4.16. The Labute approximate surface area is 124 Å². The van der Waals surface area contributed by atoms with Crippen LogP contribution in [0.4, 0.5) is 0 Å². The fraction of sp³-hybridized carbons (Fsp3) is 0.235. The molecule has 0 aliphatic heterocycles. The predicted molar refractivity (Wildman–Crippen MR) is 83.2 cm³/mol. The Hall–Kier alpha value is -1.80. The molecule has 0 radical (unpaired) electrons. The maximum atomic E-state index is 12.2. The molecule has 0 unspecified atom stereocenters. The van der Waals surface area contributed by atoms with Crippen LogP contribution in [0.1, 0.15) is 40.0 Å². The summed E-state index contributed by atoms with van der Waals surface area (Å²) in [6, 6.07) is 13.2. The average Bonchev–Trinajstić information content (AvgIpc) is 2.41. The Morgan fingerprint density at radius 2 is 1.85 bits per heavy atom. The van der Waals surface area contributed by atoms with Crippen LogP contribution in [-0.4, -0.2) is 5.91 Å². The Morgan fingerprint density at radius 1 is 1.10 bits per heavy atom. The van der Waals surface area contributed by atoms with Crippen molar-refractivity contribution in [1.82, 2.24) is 5.32 Å². The molecule has 2 aromatic rings. The molecule has 0 saturated heterocycles. The lowest BCUT2D eigenvalue weighted by Gasteiger charge is -2.16. The molecule has 0 aliphatic rings. The minimum atomic E-state index is -0.113. The lowest BCUT2D eigenvalue weighted by Crippen LogP contribution is -2.26. The Kier molecular flexibility index (Phi) is 4.46. The van der Waals surface area contributed by atoms with Gasteiger partial charge in [0.25, 0.3) is 5.91 Å². The zero-order valence-corrected chi connectivity index (χ0v) is 12.7. The number of hydrogen-bond acceptors (Lipinski definition) is 1. The molecule has 0 bridgehead atoms. The second-order valence-electron chi connectivity index (χ2n) is 5.05. The summed E-state index contributed by atoms with van der Waals surface area (Å²) in [5, 5.41) is 3.55. The number of benzene rings is 2. The molecule has 20 heavy (non-hydrogen) atoms. The van der Waals surface area contributed by atoms with Crippen molar-refractivity contribution in [2.75, 3.05) is 0 Å². The number of rotatable bonds is 3. The summed E-state index contributed by atoms with van der Waals surface area (Å²) >= 11 is 5.90. The third-order valence-corrected chi connectivity index (χ3v) is 3.70. The normalized spacial score (nSPS) is 12.0. The van der Waals surface area contributed by atoms with E-state index in [-0.39, 0.29) is 11.9 Å². The first kappa shape index (κ1) is 14.6. The summed E-state index contributed by atoms with van der Waals surface area (Å²) in [5.74, 6) is -0.113. The van der Waals surface area contributed by atoms with Gasteiger partial charge in [-0.3, -0.25) is 4.79 Å². The second-order valence-corrected chi connectivity index (χ2v) is 5.49. The molecule has 104 valence electrons. The number of nitrogens with one attached hydrogen (secondary N) is 1. The van der Waals surface area contributed by atoms with Crippen LogP contribution in [-0.2, 0) is 0 Å². The lowest BCUT2D eigenvalue weighted by molar-refractivity contribution is 0.0940. The van der Waals surface area contributed by atoms with Crippen molar-refractivity contribution in [2.45, 2.75) is 26.8 Å². The molecule has 0 heterocycles. The highest BCUT2D eigenvalue weighted by molar-refractivity contribution is 6.30. The summed E-state index contributed by atoms with van der Waals surface area (Å²) in [4.78, 5) is 12.2. The summed E-state index contributed by atoms with van der Waals surface area (Å²) in [6.07, 6.45) is 0. The minimum Gasteiger partial charge on any atom is -0.346 e. The first-order chi connectivity index (χ1) is 9.47. The van der Waals surface area contributed by atoms with Gasteiger partial charge < -0.3 is 5.32 Å². The van der Waals surface area contributed by atoms with Gasteiger partial charge >= 0.3 is 0 Å². The fourth-order valence-electron chi connectivity index (χ4n) is 2.03. The zero-order valence-electron chi connectivity index (χ0n) is 11.9. The number of halogens is 1. The molecule has 2 rings (SSSR count). The standard InChI is InChI=1S/C17H18ClNO/c1-11-7-8-14(9-12(11)2)13(3)19-17(20)15-5-4-6-16(18)10-15/h4-10,13H,1-3H3,(H,19,20)/t13-/m1/s1. The van der Waals surface area contributed by atoms with E-state index in [9.17, 15) is 4.79 Å². The average molecular weight is 288 g/mol. The largest absolute Gasteiger partial charge is 0.346 e. The molecule has 1 amide bonds. The van der Waals surface area contributed by atoms with E-state index < -0.39 is 0 Å². The van der Waals surface area contributed by atoms with Gasteiger partial charge in [0.15, 0.2) is 0 Å². The SMILES string of the molecule is Cc1ccc([C@@H](C)NC(=O)c2cccc(Cl)c2)cc1C. The Bertz CT molecular complexity index is 637. The quantitative estimate of drug-likeness (QED) is 0.888. The smallest absolute Gasteiger partial charge is 0.251 e. The van der Waals surface area contributed by atoms with Crippen LogP contribution >= 0.6 is 11.6 Å². The van der Waals surface area contributed by atoms with Crippen LogP contribution in [0, 0.1) is 13.8 Å². The highest BCUT2D eigenvalue weighted by Crippen LogP contribution is 2.18. The van der Waals surface area contributed by atoms with E-state index in [4.69, 9.17) is 11.6 Å². The number of carbonyl (C=O) groups excluding carboxylic acids is 1. The van der Waals surface area contributed by atoms with Crippen LogP contribution < -0.4 is 5.32 Å². The molecule has 0 fully saturated rings. The van der Waals surface area contributed by atoms with Crippen LogP contribution in [0.3, 0.4) is 0 Å². The van der Waals surface area contributed by atoms with E-state index in [0.717, 1.165) is 5.56 Å². The minimum absolute atomic E-state index is 0.0409. The first-order valence-electron chi connectivity index (χ1n) is 6.61. The second kappa shape index (κ2) is 6.10. The van der Waals surface area contributed by atoms with E-state index in [1.165, 1.54) is 11.1 Å². The van der Waals surface area contributed by atoms with Crippen LogP contribution in [0.25, 0.3) is 0 Å². The topological polar surface area (TPSA) is 29.1 Å². The van der Waals surface area contributed by atoms with Crippen LogP contribution in [0.2, 0.25) is 5.02 Å². The third kappa shape index (κ3) is 3.40. The first-order valence-corrected chi connectivity index (χ1v) is 6.99. The third-order valence-electron chi connectivity index (χ3n) is 3.47. The molecule has 1 atom stereocenters.